The van der Waals surface area contributed by atoms with E-state index in [1.165, 1.54) is 22.5 Å². The van der Waals surface area contributed by atoms with Crippen molar-refractivity contribution in [3.8, 4) is 0 Å². The van der Waals surface area contributed by atoms with Gasteiger partial charge in [-0.05, 0) is 49.6 Å². The van der Waals surface area contributed by atoms with E-state index >= 15 is 0 Å². The van der Waals surface area contributed by atoms with Crippen LogP contribution in [0.1, 0.15) is 39.1 Å². The number of rotatable bonds is 5. The highest BCUT2D eigenvalue weighted by molar-refractivity contribution is 7.89. The molecule has 1 aliphatic heterocycles. The van der Waals surface area contributed by atoms with Crippen LogP contribution in [0.15, 0.2) is 53.4 Å². The Morgan fingerprint density at radius 3 is 2.77 bits per heavy atom. The predicted octanol–water partition coefficient (Wildman–Crippen LogP) is 3.81. The number of aromatic nitrogens is 2. The summed E-state index contributed by atoms with van der Waals surface area (Å²) < 4.78 is 41.1. The van der Waals surface area contributed by atoms with Crippen molar-refractivity contribution in [1.82, 2.24) is 14.5 Å². The maximum absolute atomic E-state index is 13.3. The second-order valence-corrected chi connectivity index (χ2v) is 10.3. The van der Waals surface area contributed by atoms with Gasteiger partial charge in [-0.1, -0.05) is 35.6 Å². The summed E-state index contributed by atoms with van der Waals surface area (Å²) in [4.78, 5) is 12.7. The van der Waals surface area contributed by atoms with Gasteiger partial charge in [0.15, 0.2) is 0 Å². The highest BCUT2D eigenvalue weighted by atomic mass is 32.2. The van der Waals surface area contributed by atoms with E-state index in [4.69, 9.17) is 0 Å². The zero-order valence-corrected chi connectivity index (χ0v) is 18.4. The zero-order chi connectivity index (χ0) is 22.0. The van der Waals surface area contributed by atoms with Crippen LogP contribution in [0, 0.1) is 12.7 Å². The average Bonchev–Trinajstić information content (AvgIpc) is 3.25. The number of hydrogen-bond donors (Lipinski definition) is 1. The summed E-state index contributed by atoms with van der Waals surface area (Å²) in [6.07, 6.45) is 1.46. The Bertz CT molecular complexity index is 1210. The Hall–Kier alpha value is -2.69. The Morgan fingerprint density at radius 2 is 2.00 bits per heavy atom. The molecule has 0 bridgehead atoms. The molecule has 0 aliphatic carbocycles. The first-order valence-electron chi connectivity index (χ1n) is 9.80. The summed E-state index contributed by atoms with van der Waals surface area (Å²) >= 11 is 1.13. The molecular formula is C21H21FN4O3S2. The number of hydrogen-bond acceptors (Lipinski definition) is 6. The van der Waals surface area contributed by atoms with Gasteiger partial charge in [0, 0.05) is 24.7 Å². The number of halogens is 1. The number of piperidine rings is 1. The Balaban J connectivity index is 1.49. The van der Waals surface area contributed by atoms with Crippen LogP contribution in [-0.4, -0.2) is 41.9 Å². The molecule has 1 aromatic heterocycles. The summed E-state index contributed by atoms with van der Waals surface area (Å²) in [5, 5.41) is 11.5. The van der Waals surface area contributed by atoms with Crippen molar-refractivity contribution < 1.29 is 17.6 Å². The molecule has 1 saturated heterocycles. The first-order valence-corrected chi connectivity index (χ1v) is 12.1. The molecule has 1 unspecified atom stereocenters. The van der Waals surface area contributed by atoms with Crippen LogP contribution in [0.5, 0.6) is 0 Å². The number of nitrogens with zero attached hydrogens (tertiary/aromatic N) is 3. The molecule has 2 heterocycles. The first kappa shape index (κ1) is 21.5. The molecule has 0 radical (unpaired) electrons. The Morgan fingerprint density at radius 1 is 1.19 bits per heavy atom. The minimum atomic E-state index is -3.61. The van der Waals surface area contributed by atoms with Crippen molar-refractivity contribution >= 4 is 33.0 Å². The van der Waals surface area contributed by atoms with E-state index in [0.717, 1.165) is 17.8 Å². The number of amides is 1. The maximum Gasteiger partial charge on any atom is 0.286 e. The fraction of sp³-hybridized carbons (Fsp3) is 0.286. The summed E-state index contributed by atoms with van der Waals surface area (Å²) in [6.45, 7) is 2.51. The quantitative estimate of drug-likeness (QED) is 0.625. The van der Waals surface area contributed by atoms with Crippen LogP contribution in [0.4, 0.5) is 10.1 Å². The standard InChI is InChI=1S/C21H21FN4O3S2/c1-14-6-2-3-10-18(14)31(28,29)26-11-5-7-15(13-26)20-24-25-21(30-20)19(27)23-17-9-4-8-16(22)12-17/h2-4,6,8-10,12,15H,5,7,11,13H2,1H3,(H,23,27). The van der Waals surface area contributed by atoms with E-state index in [9.17, 15) is 17.6 Å². The topological polar surface area (TPSA) is 92.3 Å². The third kappa shape index (κ3) is 4.65. The molecule has 0 spiro atoms. The minimum Gasteiger partial charge on any atom is -0.320 e. The molecule has 0 saturated carbocycles. The molecule has 1 amide bonds. The molecule has 1 aliphatic rings. The van der Waals surface area contributed by atoms with Gasteiger partial charge in [-0.25, -0.2) is 12.8 Å². The third-order valence-electron chi connectivity index (χ3n) is 5.16. The number of anilines is 1. The lowest BCUT2D eigenvalue weighted by molar-refractivity contribution is 0.102. The SMILES string of the molecule is Cc1ccccc1S(=O)(=O)N1CCCC(c2nnc(C(=O)Nc3cccc(F)c3)s2)C1. The van der Waals surface area contributed by atoms with Gasteiger partial charge in [0.05, 0.1) is 4.90 Å². The number of aryl methyl sites for hydroxylation is 1. The van der Waals surface area contributed by atoms with Crippen molar-refractivity contribution in [3.05, 3.63) is 69.9 Å². The third-order valence-corrected chi connectivity index (χ3v) is 8.27. The zero-order valence-electron chi connectivity index (χ0n) is 16.8. The molecule has 31 heavy (non-hydrogen) atoms. The molecule has 4 rings (SSSR count). The molecule has 10 heteroatoms. The van der Waals surface area contributed by atoms with E-state index in [1.54, 1.807) is 31.2 Å². The van der Waals surface area contributed by atoms with E-state index < -0.39 is 21.7 Å². The van der Waals surface area contributed by atoms with E-state index in [-0.39, 0.29) is 17.5 Å². The molecule has 3 aromatic rings. The second kappa shape index (κ2) is 8.81. The normalized spacial score (nSPS) is 17.4. The van der Waals surface area contributed by atoms with Gasteiger partial charge in [0.25, 0.3) is 5.91 Å². The monoisotopic (exact) mass is 460 g/mol. The average molecular weight is 461 g/mol. The van der Waals surface area contributed by atoms with Gasteiger partial charge in [0.2, 0.25) is 15.0 Å². The van der Waals surface area contributed by atoms with Crippen LogP contribution >= 0.6 is 11.3 Å². The maximum atomic E-state index is 13.3. The van der Waals surface area contributed by atoms with E-state index in [2.05, 4.69) is 15.5 Å². The van der Waals surface area contributed by atoms with Crippen LogP contribution in [0.2, 0.25) is 0 Å². The fourth-order valence-electron chi connectivity index (χ4n) is 3.59. The minimum absolute atomic E-state index is 0.138. The highest BCUT2D eigenvalue weighted by Gasteiger charge is 2.33. The molecule has 2 aromatic carbocycles. The molecule has 1 atom stereocenters. The molecule has 1 N–H and O–H groups in total. The molecule has 7 nitrogen and oxygen atoms in total. The highest BCUT2D eigenvalue weighted by Crippen LogP contribution is 2.32. The predicted molar refractivity (Wildman–Crippen MR) is 116 cm³/mol. The largest absolute Gasteiger partial charge is 0.320 e. The summed E-state index contributed by atoms with van der Waals surface area (Å²) in [5.41, 5.74) is 1.03. The van der Waals surface area contributed by atoms with E-state index in [1.807, 2.05) is 6.07 Å². The van der Waals surface area contributed by atoms with Crippen LogP contribution in [-0.2, 0) is 10.0 Å². The lowest BCUT2D eigenvalue weighted by Crippen LogP contribution is -2.39. The van der Waals surface area contributed by atoms with E-state index in [0.29, 0.717) is 34.1 Å². The smallest absolute Gasteiger partial charge is 0.286 e. The second-order valence-electron chi connectivity index (χ2n) is 7.38. The van der Waals surface area contributed by atoms with Crippen molar-refractivity contribution in [3.63, 3.8) is 0 Å². The van der Waals surface area contributed by atoms with Crippen molar-refractivity contribution in [2.45, 2.75) is 30.6 Å². The number of carbonyl (C=O) groups excluding carboxylic acids is 1. The van der Waals surface area contributed by atoms with Crippen molar-refractivity contribution in [2.24, 2.45) is 0 Å². The van der Waals surface area contributed by atoms with Crippen molar-refractivity contribution in [1.29, 1.82) is 0 Å². The number of nitrogens with one attached hydrogen (secondary N) is 1. The fourth-order valence-corrected chi connectivity index (χ4v) is 6.20. The van der Waals surface area contributed by atoms with Gasteiger partial charge in [-0.15, -0.1) is 10.2 Å². The lowest BCUT2D eigenvalue weighted by atomic mass is 10.0. The lowest BCUT2D eigenvalue weighted by Gasteiger charge is -2.31. The van der Waals surface area contributed by atoms with Gasteiger partial charge in [-0.3, -0.25) is 4.79 Å². The Labute approximate surface area is 184 Å². The van der Waals surface area contributed by atoms with Gasteiger partial charge in [-0.2, -0.15) is 4.31 Å². The van der Waals surface area contributed by atoms with Gasteiger partial charge < -0.3 is 5.32 Å². The molecule has 162 valence electrons. The van der Waals surface area contributed by atoms with Gasteiger partial charge in [0.1, 0.15) is 10.8 Å². The summed E-state index contributed by atoms with van der Waals surface area (Å²) in [5.74, 6) is -1.07. The van der Waals surface area contributed by atoms with Gasteiger partial charge >= 0.3 is 0 Å². The van der Waals surface area contributed by atoms with Crippen LogP contribution < -0.4 is 5.32 Å². The number of benzene rings is 2. The number of carbonyl (C=O) groups is 1. The molecule has 1 fully saturated rings. The first-order chi connectivity index (χ1) is 14.8. The Kier molecular flexibility index (Phi) is 6.12. The van der Waals surface area contributed by atoms with Crippen molar-refractivity contribution in [2.75, 3.05) is 18.4 Å². The summed E-state index contributed by atoms with van der Waals surface area (Å²) in [6, 6.07) is 12.5. The number of sulfonamides is 1. The van der Waals surface area contributed by atoms with Crippen LogP contribution in [0.25, 0.3) is 0 Å². The van der Waals surface area contributed by atoms with Crippen LogP contribution in [0.3, 0.4) is 0 Å². The summed E-state index contributed by atoms with van der Waals surface area (Å²) in [7, 11) is -3.61. The molecular weight excluding hydrogens is 439 g/mol.